The van der Waals surface area contributed by atoms with E-state index in [4.69, 9.17) is 9.84 Å². The van der Waals surface area contributed by atoms with Crippen molar-refractivity contribution in [1.82, 2.24) is 0 Å². The number of ether oxygens (including phenoxy) is 1. The lowest BCUT2D eigenvalue weighted by Crippen LogP contribution is -2.29. The summed E-state index contributed by atoms with van der Waals surface area (Å²) >= 11 is 0. The minimum absolute atomic E-state index is 0.0418. The molecule has 0 aromatic heterocycles. The highest BCUT2D eigenvalue weighted by molar-refractivity contribution is 5.94. The van der Waals surface area contributed by atoms with Gasteiger partial charge in [-0.15, -0.1) is 0 Å². The number of aliphatic carboxylic acids is 1. The molecule has 0 saturated carbocycles. The highest BCUT2D eigenvalue weighted by Crippen LogP contribution is 2.23. The van der Waals surface area contributed by atoms with Gasteiger partial charge >= 0.3 is 5.97 Å². The summed E-state index contributed by atoms with van der Waals surface area (Å²) in [4.78, 5) is 21.8. The lowest BCUT2D eigenvalue weighted by atomic mass is 9.89. The van der Waals surface area contributed by atoms with Crippen molar-refractivity contribution in [1.29, 1.82) is 0 Å². The van der Waals surface area contributed by atoms with E-state index in [2.05, 4.69) is 5.32 Å². The van der Waals surface area contributed by atoms with Crippen molar-refractivity contribution in [3.05, 3.63) is 24.3 Å². The fraction of sp³-hybridized carbons (Fsp3) is 0.556. The van der Waals surface area contributed by atoms with Crippen LogP contribution in [0.15, 0.2) is 24.3 Å². The van der Waals surface area contributed by atoms with Crippen LogP contribution in [0.3, 0.4) is 0 Å². The Balaban J connectivity index is 0.000000585. The van der Waals surface area contributed by atoms with Gasteiger partial charge in [0.15, 0.2) is 0 Å². The molecular weight excluding hydrogens is 294 g/mol. The van der Waals surface area contributed by atoms with Gasteiger partial charge in [0, 0.05) is 11.1 Å². The zero-order chi connectivity index (χ0) is 18.0. The number of hydrogen-bond donors (Lipinski definition) is 2. The summed E-state index contributed by atoms with van der Waals surface area (Å²) in [5, 5.41) is 11.1. The second-order valence-electron chi connectivity index (χ2n) is 6.07. The first-order valence-electron chi connectivity index (χ1n) is 7.86. The molecule has 1 rings (SSSR count). The van der Waals surface area contributed by atoms with Crippen molar-refractivity contribution in [2.75, 3.05) is 12.4 Å². The molecule has 0 bridgehead atoms. The first-order chi connectivity index (χ1) is 10.7. The van der Waals surface area contributed by atoms with Crippen molar-refractivity contribution in [3.63, 3.8) is 0 Å². The van der Waals surface area contributed by atoms with E-state index >= 15 is 0 Å². The number of anilines is 1. The molecule has 5 nitrogen and oxygen atoms in total. The van der Waals surface area contributed by atoms with Gasteiger partial charge in [0.2, 0.25) is 5.91 Å². The highest BCUT2D eigenvalue weighted by atomic mass is 16.5. The molecule has 1 aromatic rings. The number of benzene rings is 1. The Morgan fingerprint density at radius 3 is 2.04 bits per heavy atom. The normalized spacial score (nSPS) is 11.7. The zero-order valence-electron chi connectivity index (χ0n) is 15.0. The third-order valence-electron chi connectivity index (χ3n) is 3.88. The van der Waals surface area contributed by atoms with Crippen LogP contribution in [0.2, 0.25) is 0 Å². The molecule has 0 saturated heterocycles. The molecule has 1 atom stereocenters. The van der Waals surface area contributed by atoms with Crippen molar-refractivity contribution < 1.29 is 19.4 Å². The first-order valence-corrected chi connectivity index (χ1v) is 7.86. The van der Waals surface area contributed by atoms with Gasteiger partial charge in [-0.1, -0.05) is 34.6 Å². The average molecular weight is 323 g/mol. The van der Waals surface area contributed by atoms with E-state index in [0.717, 1.165) is 24.3 Å². The summed E-state index contributed by atoms with van der Waals surface area (Å²) in [5.41, 5.74) is 0.465. The number of amides is 1. The van der Waals surface area contributed by atoms with Crippen LogP contribution in [-0.4, -0.2) is 24.1 Å². The third-order valence-corrected chi connectivity index (χ3v) is 3.88. The molecule has 1 unspecified atom stereocenters. The number of carboxylic acids is 1. The van der Waals surface area contributed by atoms with Crippen LogP contribution in [0, 0.1) is 11.3 Å². The molecule has 23 heavy (non-hydrogen) atoms. The first kappa shape index (κ1) is 21.0. The van der Waals surface area contributed by atoms with Crippen LogP contribution < -0.4 is 10.1 Å². The van der Waals surface area contributed by atoms with Crippen molar-refractivity contribution >= 4 is 17.6 Å². The Morgan fingerprint density at radius 2 is 1.74 bits per heavy atom. The molecule has 0 fully saturated rings. The van der Waals surface area contributed by atoms with Crippen LogP contribution in [0.4, 0.5) is 5.69 Å². The predicted octanol–water partition coefficient (Wildman–Crippen LogP) is 4.19. The lowest BCUT2D eigenvalue weighted by molar-refractivity contribution is -0.141. The van der Waals surface area contributed by atoms with Gasteiger partial charge in [0.1, 0.15) is 5.75 Å². The molecule has 130 valence electrons. The molecule has 1 amide bonds. The molecule has 0 heterocycles. The Morgan fingerprint density at radius 1 is 1.22 bits per heavy atom. The van der Waals surface area contributed by atoms with Crippen LogP contribution in [-0.2, 0) is 9.59 Å². The summed E-state index contributed by atoms with van der Waals surface area (Å²) < 4.78 is 5.05. The summed E-state index contributed by atoms with van der Waals surface area (Å²) in [6.45, 7) is 9.44. The van der Waals surface area contributed by atoms with E-state index in [1.165, 1.54) is 0 Å². The Hall–Kier alpha value is -2.04. The fourth-order valence-electron chi connectivity index (χ4n) is 1.31. The van der Waals surface area contributed by atoms with Crippen molar-refractivity contribution in [3.8, 4) is 5.75 Å². The highest BCUT2D eigenvalue weighted by Gasteiger charge is 2.25. The van der Waals surface area contributed by atoms with E-state index in [0.29, 0.717) is 0 Å². The molecule has 0 spiro atoms. The fourth-order valence-corrected chi connectivity index (χ4v) is 1.31. The van der Waals surface area contributed by atoms with E-state index in [-0.39, 0.29) is 17.2 Å². The third kappa shape index (κ3) is 7.68. The van der Waals surface area contributed by atoms with E-state index in [1.54, 1.807) is 14.0 Å². The molecule has 0 radical (unpaired) electrons. The second kappa shape index (κ2) is 9.87. The minimum Gasteiger partial charge on any atom is -0.497 e. The molecule has 0 aliphatic rings. The van der Waals surface area contributed by atoms with Gasteiger partial charge in [-0.05, 0) is 37.1 Å². The average Bonchev–Trinajstić information content (AvgIpc) is 2.55. The smallest absolute Gasteiger partial charge is 0.306 e. The summed E-state index contributed by atoms with van der Waals surface area (Å²) in [7, 11) is 1.62. The zero-order valence-corrected chi connectivity index (χ0v) is 15.0. The van der Waals surface area contributed by atoms with Gasteiger partial charge in [0.25, 0.3) is 0 Å². The van der Waals surface area contributed by atoms with E-state index in [9.17, 15) is 9.59 Å². The number of rotatable bonds is 6. The number of carbonyl (C=O) groups is 2. The lowest BCUT2D eigenvalue weighted by Gasteiger charge is -2.21. The van der Waals surface area contributed by atoms with Gasteiger partial charge < -0.3 is 15.2 Å². The standard InChI is InChI=1S/C13H19NO2.C5H10O2/c1-5-13(2,3)12(15)14-10-6-8-11(16-4)9-7-10;1-3-4(2)5(6)7/h6-9H,5H2,1-4H3,(H,14,15);4H,3H2,1-2H3,(H,6,7). The maximum absolute atomic E-state index is 11.9. The molecule has 0 aliphatic carbocycles. The molecule has 0 aliphatic heterocycles. The Bertz CT molecular complexity index is 494. The topological polar surface area (TPSA) is 75.6 Å². The quantitative estimate of drug-likeness (QED) is 0.823. The van der Waals surface area contributed by atoms with Crippen LogP contribution in [0.25, 0.3) is 0 Å². The molecule has 1 aromatic carbocycles. The minimum atomic E-state index is -0.706. The number of methoxy groups -OCH3 is 1. The van der Waals surface area contributed by atoms with Gasteiger partial charge in [0.05, 0.1) is 13.0 Å². The van der Waals surface area contributed by atoms with E-state index in [1.807, 2.05) is 52.0 Å². The van der Waals surface area contributed by atoms with Crippen LogP contribution in [0.5, 0.6) is 5.75 Å². The van der Waals surface area contributed by atoms with E-state index < -0.39 is 5.97 Å². The number of carboxylic acid groups (broad SMARTS) is 1. The van der Waals surface area contributed by atoms with Gasteiger partial charge in [-0.3, -0.25) is 9.59 Å². The second-order valence-corrected chi connectivity index (χ2v) is 6.07. The van der Waals surface area contributed by atoms with Crippen LogP contribution in [0.1, 0.15) is 47.5 Å². The maximum Gasteiger partial charge on any atom is 0.306 e. The largest absolute Gasteiger partial charge is 0.497 e. The molecule has 5 heteroatoms. The molecule has 2 N–H and O–H groups in total. The molecular formula is C18H29NO4. The SMILES string of the molecule is CCC(C)(C)C(=O)Nc1ccc(OC)cc1.CCC(C)C(=O)O. The van der Waals surface area contributed by atoms with Crippen molar-refractivity contribution in [2.45, 2.75) is 47.5 Å². The number of carbonyl (C=O) groups excluding carboxylic acids is 1. The summed E-state index contributed by atoms with van der Waals surface area (Å²) in [6.07, 6.45) is 1.53. The van der Waals surface area contributed by atoms with Crippen LogP contribution >= 0.6 is 0 Å². The summed E-state index contributed by atoms with van der Waals surface area (Å²) in [5.74, 6) is -0.0598. The maximum atomic E-state index is 11.9. The Labute approximate surface area is 139 Å². The van der Waals surface area contributed by atoms with Gasteiger partial charge in [-0.25, -0.2) is 0 Å². The van der Waals surface area contributed by atoms with Gasteiger partial charge in [-0.2, -0.15) is 0 Å². The monoisotopic (exact) mass is 323 g/mol. The van der Waals surface area contributed by atoms with Crippen molar-refractivity contribution in [2.24, 2.45) is 11.3 Å². The Kier molecular flexibility index (Phi) is 9.00. The number of nitrogens with one attached hydrogen (secondary N) is 1. The number of hydrogen-bond acceptors (Lipinski definition) is 3. The summed E-state index contributed by atoms with van der Waals surface area (Å²) in [6, 6.07) is 7.33. The predicted molar refractivity (Wildman–Crippen MR) is 92.8 cm³/mol.